The van der Waals surface area contributed by atoms with Crippen LogP contribution in [0.25, 0.3) is 0 Å². The second-order valence-corrected chi connectivity index (χ2v) is 5.21. The number of rotatable bonds is 4. The molecule has 1 aliphatic rings. The van der Waals surface area contributed by atoms with Crippen molar-refractivity contribution in [2.45, 2.75) is 71.4 Å². The highest BCUT2D eigenvalue weighted by Gasteiger charge is 2.18. The van der Waals surface area contributed by atoms with E-state index in [1.807, 2.05) is 0 Å². The lowest BCUT2D eigenvalue weighted by Crippen LogP contribution is -2.48. The van der Waals surface area contributed by atoms with Crippen LogP contribution in [0.15, 0.2) is 0 Å². The van der Waals surface area contributed by atoms with Crippen molar-refractivity contribution in [3.05, 3.63) is 0 Å². The van der Waals surface area contributed by atoms with Gasteiger partial charge in [0.2, 0.25) is 0 Å². The summed E-state index contributed by atoms with van der Waals surface area (Å²) in [6.45, 7) is 7.66. The molecule has 2 nitrogen and oxygen atoms in total. The predicted octanol–water partition coefficient (Wildman–Crippen LogP) is 3.31. The molecule has 0 spiro atoms. The normalized spacial score (nSPS) is 19.2. The highest BCUT2D eigenvalue weighted by atomic mass is 32.1. The molecule has 0 aromatic carbocycles. The van der Waals surface area contributed by atoms with Gasteiger partial charge < -0.3 is 10.2 Å². The lowest BCUT2D eigenvalue weighted by atomic mass is 9.96. The van der Waals surface area contributed by atoms with E-state index in [1.165, 1.54) is 32.1 Å². The molecule has 1 atom stereocenters. The van der Waals surface area contributed by atoms with Crippen LogP contribution >= 0.6 is 12.2 Å². The van der Waals surface area contributed by atoms with Crippen LogP contribution in [-0.4, -0.2) is 28.6 Å². The Balaban J connectivity index is 2.41. The lowest BCUT2D eigenvalue weighted by molar-refractivity contribution is 0.318. The van der Waals surface area contributed by atoms with Gasteiger partial charge in [0, 0.05) is 18.6 Å². The Kier molecular flexibility index (Phi) is 6.10. The summed E-state index contributed by atoms with van der Waals surface area (Å²) < 4.78 is 0. The summed E-state index contributed by atoms with van der Waals surface area (Å²) in [4.78, 5) is 2.31. The Morgan fingerprint density at radius 2 is 1.94 bits per heavy atom. The standard InChI is InChI=1S/C13H26N2S/c1-4-11(3)15(5-2)13(16)14-12-9-7-6-8-10-12/h11-12H,4-10H2,1-3H3,(H,14,16). The molecule has 0 radical (unpaired) electrons. The molecule has 1 fully saturated rings. The molecular formula is C13H26N2S. The van der Waals surface area contributed by atoms with Gasteiger partial charge in [0.05, 0.1) is 0 Å². The fourth-order valence-electron chi connectivity index (χ4n) is 2.38. The Morgan fingerprint density at radius 1 is 1.31 bits per heavy atom. The predicted molar refractivity (Wildman–Crippen MR) is 74.7 cm³/mol. The summed E-state index contributed by atoms with van der Waals surface area (Å²) in [6, 6.07) is 1.17. The lowest BCUT2D eigenvalue weighted by Gasteiger charge is -2.33. The van der Waals surface area contributed by atoms with Gasteiger partial charge in [-0.3, -0.25) is 0 Å². The number of nitrogens with one attached hydrogen (secondary N) is 1. The molecule has 0 aliphatic heterocycles. The molecule has 0 heterocycles. The van der Waals surface area contributed by atoms with Crippen molar-refractivity contribution in [3.8, 4) is 0 Å². The van der Waals surface area contributed by atoms with E-state index in [0.29, 0.717) is 12.1 Å². The first-order chi connectivity index (χ1) is 7.69. The smallest absolute Gasteiger partial charge is 0.169 e. The van der Waals surface area contributed by atoms with Gasteiger partial charge in [-0.1, -0.05) is 26.2 Å². The SMILES string of the molecule is CCC(C)N(CC)C(=S)NC1CCCCC1. The van der Waals surface area contributed by atoms with Gasteiger partial charge in [0.15, 0.2) is 5.11 Å². The minimum atomic E-state index is 0.550. The van der Waals surface area contributed by atoms with Gasteiger partial charge in [-0.2, -0.15) is 0 Å². The topological polar surface area (TPSA) is 15.3 Å². The van der Waals surface area contributed by atoms with Crippen LogP contribution in [0.1, 0.15) is 59.3 Å². The molecule has 0 bridgehead atoms. The van der Waals surface area contributed by atoms with Crippen molar-refractivity contribution in [1.29, 1.82) is 0 Å². The minimum absolute atomic E-state index is 0.550. The molecular weight excluding hydrogens is 216 g/mol. The van der Waals surface area contributed by atoms with Crippen LogP contribution in [0.4, 0.5) is 0 Å². The maximum absolute atomic E-state index is 5.51. The molecule has 3 heteroatoms. The quantitative estimate of drug-likeness (QED) is 0.761. The van der Waals surface area contributed by atoms with E-state index in [9.17, 15) is 0 Å². The Bertz CT molecular complexity index is 212. The fraction of sp³-hybridized carbons (Fsp3) is 0.923. The average Bonchev–Trinajstić information content (AvgIpc) is 2.31. The van der Waals surface area contributed by atoms with Crippen molar-refractivity contribution in [1.82, 2.24) is 10.2 Å². The van der Waals surface area contributed by atoms with Crippen LogP contribution in [0.5, 0.6) is 0 Å². The molecule has 0 saturated heterocycles. The molecule has 1 N–H and O–H groups in total. The summed E-state index contributed by atoms with van der Waals surface area (Å²) in [7, 11) is 0. The molecule has 0 amide bonds. The first kappa shape index (κ1) is 13.8. The third-order valence-corrected chi connectivity index (χ3v) is 4.01. The van der Waals surface area contributed by atoms with Crippen LogP contribution in [0, 0.1) is 0 Å². The van der Waals surface area contributed by atoms with E-state index in [0.717, 1.165) is 18.1 Å². The molecule has 1 saturated carbocycles. The number of nitrogens with zero attached hydrogens (tertiary/aromatic N) is 1. The van der Waals surface area contributed by atoms with Crippen LogP contribution in [-0.2, 0) is 0 Å². The van der Waals surface area contributed by atoms with E-state index in [4.69, 9.17) is 12.2 Å². The van der Waals surface area contributed by atoms with Crippen molar-refractivity contribution in [3.63, 3.8) is 0 Å². The van der Waals surface area contributed by atoms with E-state index in [-0.39, 0.29) is 0 Å². The molecule has 94 valence electrons. The number of hydrogen-bond donors (Lipinski definition) is 1. The molecule has 0 aromatic rings. The molecule has 1 rings (SSSR count). The van der Waals surface area contributed by atoms with Gasteiger partial charge in [0.1, 0.15) is 0 Å². The first-order valence-corrected chi connectivity index (χ1v) is 7.17. The minimum Gasteiger partial charge on any atom is -0.360 e. The van der Waals surface area contributed by atoms with Gasteiger partial charge in [-0.15, -0.1) is 0 Å². The zero-order valence-corrected chi connectivity index (χ0v) is 11.8. The molecule has 0 aromatic heterocycles. The van der Waals surface area contributed by atoms with E-state index in [1.54, 1.807) is 0 Å². The van der Waals surface area contributed by atoms with E-state index >= 15 is 0 Å². The largest absolute Gasteiger partial charge is 0.360 e. The zero-order chi connectivity index (χ0) is 12.0. The van der Waals surface area contributed by atoms with Crippen molar-refractivity contribution < 1.29 is 0 Å². The number of hydrogen-bond acceptors (Lipinski definition) is 1. The maximum atomic E-state index is 5.51. The highest BCUT2D eigenvalue weighted by molar-refractivity contribution is 7.80. The molecule has 16 heavy (non-hydrogen) atoms. The van der Waals surface area contributed by atoms with Crippen molar-refractivity contribution in [2.75, 3.05) is 6.54 Å². The van der Waals surface area contributed by atoms with Crippen molar-refractivity contribution in [2.24, 2.45) is 0 Å². The summed E-state index contributed by atoms with van der Waals surface area (Å²) in [5.74, 6) is 0. The maximum Gasteiger partial charge on any atom is 0.169 e. The highest BCUT2D eigenvalue weighted by Crippen LogP contribution is 2.18. The van der Waals surface area contributed by atoms with Gasteiger partial charge in [-0.25, -0.2) is 0 Å². The molecule has 1 aliphatic carbocycles. The summed E-state index contributed by atoms with van der Waals surface area (Å²) in [5, 5.41) is 4.50. The third-order valence-electron chi connectivity index (χ3n) is 3.66. The van der Waals surface area contributed by atoms with Crippen LogP contribution in [0.3, 0.4) is 0 Å². The number of thiocarbonyl (C=S) groups is 1. The zero-order valence-electron chi connectivity index (χ0n) is 11.0. The average molecular weight is 242 g/mol. The van der Waals surface area contributed by atoms with Gasteiger partial charge >= 0.3 is 0 Å². The summed E-state index contributed by atoms with van der Waals surface area (Å²) in [5.41, 5.74) is 0. The summed E-state index contributed by atoms with van der Waals surface area (Å²) >= 11 is 5.51. The Labute approximate surface area is 106 Å². The Morgan fingerprint density at radius 3 is 2.44 bits per heavy atom. The van der Waals surface area contributed by atoms with Crippen LogP contribution < -0.4 is 5.32 Å². The van der Waals surface area contributed by atoms with Gasteiger partial charge in [-0.05, 0) is 45.3 Å². The van der Waals surface area contributed by atoms with Gasteiger partial charge in [0.25, 0.3) is 0 Å². The third kappa shape index (κ3) is 3.93. The monoisotopic (exact) mass is 242 g/mol. The van der Waals surface area contributed by atoms with Crippen LogP contribution in [0.2, 0.25) is 0 Å². The first-order valence-electron chi connectivity index (χ1n) is 6.76. The second-order valence-electron chi connectivity index (χ2n) is 4.83. The van der Waals surface area contributed by atoms with E-state index in [2.05, 4.69) is 31.0 Å². The fourth-order valence-corrected chi connectivity index (χ4v) is 2.86. The second kappa shape index (κ2) is 7.10. The summed E-state index contributed by atoms with van der Waals surface area (Å²) in [6.07, 6.45) is 7.84. The Hall–Kier alpha value is -0.310. The van der Waals surface area contributed by atoms with Crippen molar-refractivity contribution >= 4 is 17.3 Å². The van der Waals surface area contributed by atoms with E-state index < -0.39 is 0 Å². The molecule has 1 unspecified atom stereocenters.